The van der Waals surface area contributed by atoms with Crippen molar-refractivity contribution in [3.63, 3.8) is 0 Å². The molecule has 1 saturated heterocycles. The molecule has 1 aliphatic rings. The second-order valence-corrected chi connectivity index (χ2v) is 4.30. The normalized spacial score (nSPS) is 31.9. The molecular weight excluding hydrogens is 291 g/mol. The van der Waals surface area contributed by atoms with Crippen molar-refractivity contribution in [2.24, 2.45) is 5.11 Å². The number of aliphatic hydroxyl groups excluding tert-OH is 3. The Morgan fingerprint density at radius 1 is 1.67 bits per heavy atom. The maximum Gasteiger partial charge on any atom is 0.351 e. The molecule has 11 nitrogen and oxygen atoms in total. The van der Waals surface area contributed by atoms with Gasteiger partial charge in [-0.3, -0.25) is 4.57 Å². The van der Waals surface area contributed by atoms with Crippen molar-refractivity contribution in [2.45, 2.75) is 24.2 Å². The monoisotopic (exact) mass is 302 g/mol. The van der Waals surface area contributed by atoms with Crippen LogP contribution in [-0.4, -0.2) is 49.4 Å². The summed E-state index contributed by atoms with van der Waals surface area (Å²) in [6, 6.07) is 0. The number of nitrogens with zero attached hydrogens (tertiary/aromatic N) is 5. The largest absolute Gasteiger partial charge is 0.393 e. The van der Waals surface area contributed by atoms with Crippen molar-refractivity contribution < 1.29 is 24.4 Å². The predicted molar refractivity (Wildman–Crippen MR) is 64.0 cm³/mol. The first-order valence-corrected chi connectivity index (χ1v) is 5.61. The van der Waals surface area contributed by atoms with E-state index in [9.17, 15) is 24.5 Å². The maximum atomic E-state index is 13.4. The van der Waals surface area contributed by atoms with Gasteiger partial charge in [0.2, 0.25) is 5.72 Å². The molecule has 0 radical (unpaired) electrons. The number of hydrogen-bond acceptors (Lipinski definition) is 8. The molecule has 5 N–H and O–H groups in total. The third kappa shape index (κ3) is 2.30. The van der Waals surface area contributed by atoms with Crippen molar-refractivity contribution in [1.29, 1.82) is 0 Å². The van der Waals surface area contributed by atoms with Gasteiger partial charge in [-0.2, -0.15) is 4.98 Å². The molecular formula is C9H11FN6O5. The van der Waals surface area contributed by atoms with E-state index in [-0.39, 0.29) is 0 Å². The minimum absolute atomic E-state index is 0.532. The Hall–Kier alpha value is -2.24. The first-order valence-electron chi connectivity index (χ1n) is 5.61. The summed E-state index contributed by atoms with van der Waals surface area (Å²) in [6.45, 7) is -0.967. The van der Waals surface area contributed by atoms with Crippen LogP contribution in [-0.2, 0) is 4.74 Å². The summed E-state index contributed by atoms with van der Waals surface area (Å²) in [4.78, 5) is 17.2. The van der Waals surface area contributed by atoms with E-state index in [2.05, 4.69) is 15.0 Å². The minimum atomic E-state index is -2.20. The van der Waals surface area contributed by atoms with Crippen molar-refractivity contribution >= 4 is 5.82 Å². The van der Waals surface area contributed by atoms with Gasteiger partial charge in [0.1, 0.15) is 12.2 Å². The first-order chi connectivity index (χ1) is 9.86. The van der Waals surface area contributed by atoms with Crippen LogP contribution >= 0.6 is 0 Å². The number of ether oxygens (including phenoxy) is 1. The number of halogens is 1. The van der Waals surface area contributed by atoms with Gasteiger partial charge in [-0.1, -0.05) is 5.11 Å². The lowest BCUT2D eigenvalue weighted by atomic mass is 10.1. The van der Waals surface area contributed by atoms with Crippen molar-refractivity contribution in [1.82, 2.24) is 9.55 Å². The second kappa shape index (κ2) is 5.27. The number of nitrogens with two attached hydrogens (primary N) is 1. The lowest BCUT2D eigenvalue weighted by Crippen LogP contribution is -2.44. The third-order valence-electron chi connectivity index (χ3n) is 3.05. The molecule has 0 aliphatic carbocycles. The molecule has 21 heavy (non-hydrogen) atoms. The first kappa shape index (κ1) is 15.2. The molecule has 12 heteroatoms. The molecule has 1 aromatic rings. The lowest BCUT2D eigenvalue weighted by Gasteiger charge is -2.23. The van der Waals surface area contributed by atoms with Crippen LogP contribution in [0.4, 0.5) is 10.2 Å². The number of rotatable bonds is 3. The highest BCUT2D eigenvalue weighted by atomic mass is 19.1. The van der Waals surface area contributed by atoms with Crippen molar-refractivity contribution in [2.75, 3.05) is 12.3 Å². The molecule has 1 aromatic heterocycles. The third-order valence-corrected chi connectivity index (χ3v) is 3.05. The molecule has 0 amide bonds. The number of hydrogen-bond donors (Lipinski definition) is 4. The van der Waals surface area contributed by atoms with Gasteiger partial charge in [-0.25, -0.2) is 9.18 Å². The number of anilines is 1. The summed E-state index contributed by atoms with van der Waals surface area (Å²) in [5.41, 5.74) is 10.3. The molecule has 114 valence electrons. The van der Waals surface area contributed by atoms with E-state index in [0.29, 0.717) is 10.8 Å². The average Bonchev–Trinajstić information content (AvgIpc) is 2.69. The highest BCUT2D eigenvalue weighted by Gasteiger charge is 2.55. The van der Waals surface area contributed by atoms with Crippen LogP contribution in [0, 0.1) is 5.82 Å². The van der Waals surface area contributed by atoms with Gasteiger partial charge in [-0.05, 0) is 5.53 Å². The maximum absolute atomic E-state index is 13.4. The standard InChI is InChI=1S/C9H11FN6O5/c10-3-1-16(8(20)13-6(3)11)7-4(18)5(19)9(2-17,21-7)14-15-12/h1,4-5,7,17-19H,2H2,(H2,11,13,20)/t4?,5?,7-,9-/m1/s1. The number of aliphatic hydroxyl groups is 3. The topological polar surface area (TPSA) is 180 Å². The zero-order valence-corrected chi connectivity index (χ0v) is 10.4. The second-order valence-electron chi connectivity index (χ2n) is 4.30. The Morgan fingerprint density at radius 2 is 2.33 bits per heavy atom. The van der Waals surface area contributed by atoms with Crippen LogP contribution in [0.2, 0.25) is 0 Å². The fourth-order valence-corrected chi connectivity index (χ4v) is 1.95. The van der Waals surface area contributed by atoms with Crippen LogP contribution in [0.15, 0.2) is 16.1 Å². The van der Waals surface area contributed by atoms with Gasteiger partial charge in [0.05, 0.1) is 12.8 Å². The summed E-state index contributed by atoms with van der Waals surface area (Å²) < 4.78 is 19.0. The molecule has 2 heterocycles. The van der Waals surface area contributed by atoms with Crippen molar-refractivity contribution in [3.05, 3.63) is 32.9 Å². The molecule has 0 saturated carbocycles. The van der Waals surface area contributed by atoms with Crippen LogP contribution in [0.3, 0.4) is 0 Å². The summed E-state index contributed by atoms with van der Waals surface area (Å²) >= 11 is 0. The molecule has 1 fully saturated rings. The van der Waals surface area contributed by atoms with Gasteiger partial charge in [0, 0.05) is 4.91 Å². The van der Waals surface area contributed by atoms with Crippen LogP contribution in [0.1, 0.15) is 6.23 Å². The molecule has 2 rings (SSSR count). The van der Waals surface area contributed by atoms with Gasteiger partial charge in [0.25, 0.3) is 0 Å². The predicted octanol–water partition coefficient (Wildman–Crippen LogP) is -1.79. The van der Waals surface area contributed by atoms with Gasteiger partial charge < -0.3 is 25.8 Å². The highest BCUT2D eigenvalue weighted by molar-refractivity contribution is 5.26. The number of azide groups is 1. The molecule has 0 spiro atoms. The smallest absolute Gasteiger partial charge is 0.351 e. The molecule has 0 bridgehead atoms. The van der Waals surface area contributed by atoms with E-state index >= 15 is 0 Å². The highest BCUT2D eigenvalue weighted by Crippen LogP contribution is 2.37. The van der Waals surface area contributed by atoms with Gasteiger partial charge in [0.15, 0.2) is 17.9 Å². The van der Waals surface area contributed by atoms with Crippen LogP contribution in [0.5, 0.6) is 0 Å². The summed E-state index contributed by atoms with van der Waals surface area (Å²) in [5.74, 6) is -1.70. The summed E-state index contributed by atoms with van der Waals surface area (Å²) in [5, 5.41) is 32.0. The van der Waals surface area contributed by atoms with E-state index < -0.39 is 48.1 Å². The number of nitrogen functional groups attached to an aromatic ring is 1. The summed E-state index contributed by atoms with van der Waals surface area (Å²) in [6.07, 6.45) is -4.61. The Morgan fingerprint density at radius 3 is 2.90 bits per heavy atom. The van der Waals surface area contributed by atoms with E-state index in [1.807, 2.05) is 0 Å². The van der Waals surface area contributed by atoms with E-state index in [1.165, 1.54) is 0 Å². The Bertz CT molecular complexity index is 661. The van der Waals surface area contributed by atoms with Gasteiger partial charge in [-0.15, -0.1) is 0 Å². The van der Waals surface area contributed by atoms with Crippen molar-refractivity contribution in [3.8, 4) is 0 Å². The quantitative estimate of drug-likeness (QED) is 0.289. The lowest BCUT2D eigenvalue weighted by molar-refractivity contribution is -0.125. The van der Waals surface area contributed by atoms with E-state index in [1.54, 1.807) is 0 Å². The molecule has 1 aliphatic heterocycles. The fraction of sp³-hybridized carbons (Fsp3) is 0.556. The SMILES string of the molecule is [N-]=[N+]=N[C@]1(CO)O[C@@H](n2cc(F)c(N)nc2=O)C(O)C1O. The van der Waals surface area contributed by atoms with E-state index in [4.69, 9.17) is 16.0 Å². The van der Waals surface area contributed by atoms with Gasteiger partial charge >= 0.3 is 5.69 Å². The zero-order valence-electron chi connectivity index (χ0n) is 10.4. The summed E-state index contributed by atoms with van der Waals surface area (Å²) in [7, 11) is 0. The average molecular weight is 302 g/mol. The molecule has 2 unspecified atom stereocenters. The number of aromatic nitrogens is 2. The minimum Gasteiger partial charge on any atom is -0.393 e. The Labute approximate surface area is 115 Å². The van der Waals surface area contributed by atoms with Crippen LogP contribution < -0.4 is 11.4 Å². The Kier molecular flexibility index (Phi) is 3.80. The Balaban J connectivity index is 2.50. The molecule has 4 atom stereocenters. The molecule has 0 aromatic carbocycles. The fourth-order valence-electron chi connectivity index (χ4n) is 1.95. The van der Waals surface area contributed by atoms with Crippen LogP contribution in [0.25, 0.3) is 10.4 Å². The zero-order chi connectivity index (χ0) is 15.8. The van der Waals surface area contributed by atoms with E-state index in [0.717, 1.165) is 0 Å².